The highest BCUT2D eigenvalue weighted by Crippen LogP contribution is 2.38. The second kappa shape index (κ2) is 6.58. The van der Waals surface area contributed by atoms with Gasteiger partial charge in [0.25, 0.3) is 0 Å². The molecule has 2 rings (SSSR count). The van der Waals surface area contributed by atoms with E-state index >= 15 is 0 Å². The Labute approximate surface area is 126 Å². The highest BCUT2D eigenvalue weighted by atomic mass is 16.5. The monoisotopic (exact) mass is 291 g/mol. The minimum atomic E-state index is -0.662. The molecular formula is C17H25NO3. The normalized spacial score (nSPS) is 22.9. The summed E-state index contributed by atoms with van der Waals surface area (Å²) in [7, 11) is 1.70. The number of benzene rings is 1. The van der Waals surface area contributed by atoms with Crippen LogP contribution in [0.2, 0.25) is 0 Å². The van der Waals surface area contributed by atoms with Crippen molar-refractivity contribution in [3.63, 3.8) is 0 Å². The first-order valence-corrected chi connectivity index (χ1v) is 7.51. The van der Waals surface area contributed by atoms with Gasteiger partial charge in [-0.1, -0.05) is 38.1 Å². The van der Waals surface area contributed by atoms with E-state index in [0.29, 0.717) is 13.2 Å². The van der Waals surface area contributed by atoms with Crippen molar-refractivity contribution >= 4 is 5.97 Å². The van der Waals surface area contributed by atoms with Crippen LogP contribution in [0.4, 0.5) is 0 Å². The molecule has 1 aliphatic rings. The molecular weight excluding hydrogens is 266 g/mol. The van der Waals surface area contributed by atoms with Crippen LogP contribution < -0.4 is 0 Å². The van der Waals surface area contributed by atoms with E-state index in [-0.39, 0.29) is 5.92 Å². The van der Waals surface area contributed by atoms with E-state index in [1.807, 2.05) is 26.0 Å². The Kier molecular flexibility index (Phi) is 5.01. The maximum absolute atomic E-state index is 11.7. The van der Waals surface area contributed by atoms with Crippen LogP contribution in [0.15, 0.2) is 24.3 Å². The average Bonchev–Trinajstić information content (AvgIpc) is 2.87. The van der Waals surface area contributed by atoms with E-state index in [4.69, 9.17) is 4.74 Å². The Balaban J connectivity index is 2.11. The lowest BCUT2D eigenvalue weighted by atomic mass is 9.76. The van der Waals surface area contributed by atoms with E-state index in [0.717, 1.165) is 19.5 Å². The van der Waals surface area contributed by atoms with E-state index in [1.165, 1.54) is 11.1 Å². The molecule has 0 radical (unpaired) electrons. The van der Waals surface area contributed by atoms with Gasteiger partial charge < -0.3 is 9.84 Å². The molecule has 4 heteroatoms. The molecule has 0 aliphatic carbocycles. The van der Waals surface area contributed by atoms with Crippen LogP contribution in [0.5, 0.6) is 0 Å². The largest absolute Gasteiger partial charge is 0.481 e. The Morgan fingerprint density at radius 2 is 2.05 bits per heavy atom. The lowest BCUT2D eigenvalue weighted by Crippen LogP contribution is -2.39. The smallest absolute Gasteiger partial charge is 0.311 e. The number of carboxylic acid groups (broad SMARTS) is 1. The number of carboxylic acids is 1. The molecule has 1 heterocycles. The van der Waals surface area contributed by atoms with Crippen molar-refractivity contribution in [3.05, 3.63) is 35.4 Å². The van der Waals surface area contributed by atoms with E-state index in [1.54, 1.807) is 7.11 Å². The molecule has 1 saturated heterocycles. The minimum Gasteiger partial charge on any atom is -0.481 e. The highest BCUT2D eigenvalue weighted by molar-refractivity contribution is 5.75. The van der Waals surface area contributed by atoms with Crippen molar-refractivity contribution in [3.8, 4) is 0 Å². The van der Waals surface area contributed by atoms with Crippen LogP contribution >= 0.6 is 0 Å². The molecule has 0 spiro atoms. The molecule has 0 amide bonds. The van der Waals surface area contributed by atoms with Gasteiger partial charge in [0.15, 0.2) is 0 Å². The second-order valence-corrected chi connectivity index (χ2v) is 6.28. The summed E-state index contributed by atoms with van der Waals surface area (Å²) >= 11 is 0. The molecule has 1 atom stereocenters. The van der Waals surface area contributed by atoms with Gasteiger partial charge >= 0.3 is 5.97 Å². The quantitative estimate of drug-likeness (QED) is 0.875. The van der Waals surface area contributed by atoms with Gasteiger partial charge in [-0.25, -0.2) is 0 Å². The average molecular weight is 291 g/mol. The molecule has 1 fully saturated rings. The SMILES string of the molecule is COCc1ccccc1CN1CCC(C(=O)O)(C(C)C)C1. The summed E-state index contributed by atoms with van der Waals surface area (Å²) in [4.78, 5) is 13.9. The number of likely N-dealkylation sites (tertiary alicyclic amines) is 1. The van der Waals surface area contributed by atoms with Gasteiger partial charge in [-0.3, -0.25) is 9.69 Å². The van der Waals surface area contributed by atoms with Gasteiger partial charge in [-0.15, -0.1) is 0 Å². The second-order valence-electron chi connectivity index (χ2n) is 6.28. The number of aliphatic carboxylic acids is 1. The molecule has 0 bridgehead atoms. The first-order valence-electron chi connectivity index (χ1n) is 7.51. The fourth-order valence-corrected chi connectivity index (χ4v) is 3.19. The summed E-state index contributed by atoms with van der Waals surface area (Å²) in [5.74, 6) is -0.514. The maximum atomic E-state index is 11.7. The van der Waals surface area contributed by atoms with Crippen LogP contribution in [-0.2, 0) is 22.7 Å². The number of rotatable bonds is 6. The van der Waals surface area contributed by atoms with Gasteiger partial charge in [0.05, 0.1) is 12.0 Å². The summed E-state index contributed by atoms with van der Waals surface area (Å²) in [6.45, 7) is 6.87. The number of hydrogen-bond acceptors (Lipinski definition) is 3. The molecule has 1 unspecified atom stereocenters. The third-order valence-electron chi connectivity index (χ3n) is 4.72. The van der Waals surface area contributed by atoms with Gasteiger partial charge in [0, 0.05) is 20.2 Å². The fraction of sp³-hybridized carbons (Fsp3) is 0.588. The molecule has 0 saturated carbocycles. The van der Waals surface area contributed by atoms with Crippen molar-refractivity contribution in [2.75, 3.05) is 20.2 Å². The first-order chi connectivity index (χ1) is 9.99. The van der Waals surface area contributed by atoms with Crippen LogP contribution in [0.25, 0.3) is 0 Å². The number of methoxy groups -OCH3 is 1. The molecule has 1 N–H and O–H groups in total. The molecule has 0 aromatic heterocycles. The predicted molar refractivity (Wildman–Crippen MR) is 82.0 cm³/mol. The van der Waals surface area contributed by atoms with Crippen molar-refractivity contribution in [2.45, 2.75) is 33.4 Å². The summed E-state index contributed by atoms with van der Waals surface area (Å²) in [5.41, 5.74) is 1.80. The maximum Gasteiger partial charge on any atom is 0.311 e. The lowest BCUT2D eigenvalue weighted by molar-refractivity contribution is -0.151. The molecule has 116 valence electrons. The predicted octanol–water partition coefficient (Wildman–Crippen LogP) is 2.77. The molecule has 4 nitrogen and oxygen atoms in total. The molecule has 1 aromatic rings. The van der Waals surface area contributed by atoms with Crippen LogP contribution in [0, 0.1) is 11.3 Å². The third-order valence-corrected chi connectivity index (χ3v) is 4.72. The number of carbonyl (C=O) groups is 1. The zero-order valence-corrected chi connectivity index (χ0v) is 13.1. The Bertz CT molecular complexity index is 501. The van der Waals surface area contributed by atoms with Gasteiger partial charge in [-0.05, 0) is 30.0 Å². The van der Waals surface area contributed by atoms with Crippen molar-refractivity contribution in [1.29, 1.82) is 0 Å². The highest BCUT2D eigenvalue weighted by Gasteiger charge is 2.47. The minimum absolute atomic E-state index is 0.147. The standard InChI is InChI=1S/C17H25NO3/c1-13(2)17(16(19)20)8-9-18(12-17)10-14-6-4-5-7-15(14)11-21-3/h4-7,13H,8-12H2,1-3H3,(H,19,20). The van der Waals surface area contributed by atoms with E-state index in [9.17, 15) is 9.90 Å². The summed E-state index contributed by atoms with van der Waals surface area (Å²) in [5, 5.41) is 9.61. The topological polar surface area (TPSA) is 49.8 Å². The number of hydrogen-bond donors (Lipinski definition) is 1. The van der Waals surface area contributed by atoms with Crippen LogP contribution in [0.1, 0.15) is 31.4 Å². The zero-order valence-electron chi connectivity index (χ0n) is 13.1. The number of ether oxygens (including phenoxy) is 1. The summed E-state index contributed by atoms with van der Waals surface area (Å²) in [6, 6.07) is 8.21. The molecule has 21 heavy (non-hydrogen) atoms. The van der Waals surface area contributed by atoms with Crippen LogP contribution in [0.3, 0.4) is 0 Å². The molecule has 1 aromatic carbocycles. The summed E-state index contributed by atoms with van der Waals surface area (Å²) in [6.07, 6.45) is 0.729. The zero-order chi connectivity index (χ0) is 15.5. The Morgan fingerprint density at radius 3 is 2.57 bits per heavy atom. The van der Waals surface area contributed by atoms with Crippen molar-refractivity contribution < 1.29 is 14.6 Å². The molecule has 1 aliphatic heterocycles. The first kappa shape index (κ1) is 16.0. The third kappa shape index (κ3) is 3.27. The lowest BCUT2D eigenvalue weighted by Gasteiger charge is -2.29. The van der Waals surface area contributed by atoms with Gasteiger partial charge in [0.2, 0.25) is 0 Å². The van der Waals surface area contributed by atoms with Crippen molar-refractivity contribution in [1.82, 2.24) is 4.90 Å². The van der Waals surface area contributed by atoms with Gasteiger partial charge in [-0.2, -0.15) is 0 Å². The van der Waals surface area contributed by atoms with Gasteiger partial charge in [0.1, 0.15) is 0 Å². The van der Waals surface area contributed by atoms with E-state index < -0.39 is 11.4 Å². The van der Waals surface area contributed by atoms with Crippen molar-refractivity contribution in [2.24, 2.45) is 11.3 Å². The van der Waals surface area contributed by atoms with Crippen LogP contribution in [-0.4, -0.2) is 36.2 Å². The Hall–Kier alpha value is -1.39. The Morgan fingerprint density at radius 1 is 1.38 bits per heavy atom. The fourth-order valence-electron chi connectivity index (χ4n) is 3.19. The summed E-state index contributed by atoms with van der Waals surface area (Å²) < 4.78 is 5.24. The van der Waals surface area contributed by atoms with E-state index in [2.05, 4.69) is 17.0 Å². The number of nitrogens with zero attached hydrogens (tertiary/aromatic N) is 1.